The van der Waals surface area contributed by atoms with Crippen molar-refractivity contribution in [3.05, 3.63) is 77.0 Å². The maximum atomic E-state index is 13.3. The van der Waals surface area contributed by atoms with Gasteiger partial charge in [-0.3, -0.25) is 9.59 Å². The van der Waals surface area contributed by atoms with Crippen molar-refractivity contribution in [2.75, 3.05) is 11.9 Å². The molecule has 2 amide bonds. The summed E-state index contributed by atoms with van der Waals surface area (Å²) in [6, 6.07) is 17.8. The number of anilines is 1. The van der Waals surface area contributed by atoms with Crippen LogP contribution in [-0.2, 0) is 21.4 Å². The fourth-order valence-electron chi connectivity index (χ4n) is 4.41. The quantitative estimate of drug-likeness (QED) is 0.619. The van der Waals surface area contributed by atoms with Gasteiger partial charge in [-0.15, -0.1) is 0 Å². The predicted octanol–water partition coefficient (Wildman–Crippen LogP) is 4.95. The fourth-order valence-corrected chi connectivity index (χ4v) is 4.41. The Morgan fingerprint density at radius 1 is 1.09 bits per heavy atom. The second kappa shape index (κ2) is 8.85. The SMILES string of the molecule is CC(=O)N1CCc2ccccc2C1CC(=O)Nc1cc(C(C)(C)C)nn1-c1cccc(C)c1. The molecule has 0 radical (unpaired) electrons. The van der Waals surface area contributed by atoms with Crippen LogP contribution in [0.5, 0.6) is 0 Å². The lowest BCUT2D eigenvalue weighted by molar-refractivity contribution is -0.132. The van der Waals surface area contributed by atoms with E-state index in [2.05, 4.69) is 32.2 Å². The molecular weight excluding hydrogens is 412 g/mol. The number of hydrogen-bond donors (Lipinski definition) is 1. The van der Waals surface area contributed by atoms with Gasteiger partial charge in [0.15, 0.2) is 0 Å². The van der Waals surface area contributed by atoms with Gasteiger partial charge in [0, 0.05) is 24.9 Å². The molecule has 2 heterocycles. The largest absolute Gasteiger partial charge is 0.335 e. The third-order valence-corrected chi connectivity index (χ3v) is 6.19. The van der Waals surface area contributed by atoms with Gasteiger partial charge in [0.25, 0.3) is 0 Å². The number of carbonyl (C=O) groups excluding carboxylic acids is 2. The Balaban J connectivity index is 1.64. The molecule has 1 N–H and O–H groups in total. The average Bonchev–Trinajstić information content (AvgIpc) is 3.18. The number of aryl methyl sites for hydroxylation is 1. The minimum atomic E-state index is -0.273. The molecule has 1 atom stereocenters. The maximum Gasteiger partial charge on any atom is 0.227 e. The van der Waals surface area contributed by atoms with E-state index in [9.17, 15) is 9.59 Å². The van der Waals surface area contributed by atoms with Gasteiger partial charge in [-0.2, -0.15) is 5.10 Å². The van der Waals surface area contributed by atoms with Crippen LogP contribution in [0.1, 0.15) is 62.5 Å². The summed E-state index contributed by atoms with van der Waals surface area (Å²) in [6.07, 6.45) is 1.00. The summed E-state index contributed by atoms with van der Waals surface area (Å²) >= 11 is 0. The predicted molar refractivity (Wildman–Crippen MR) is 131 cm³/mol. The van der Waals surface area contributed by atoms with E-state index in [0.29, 0.717) is 12.4 Å². The molecule has 2 aromatic carbocycles. The van der Waals surface area contributed by atoms with Crippen molar-refractivity contribution >= 4 is 17.6 Å². The lowest BCUT2D eigenvalue weighted by Gasteiger charge is -2.36. The molecule has 6 heteroatoms. The highest BCUT2D eigenvalue weighted by Gasteiger charge is 2.31. The third kappa shape index (κ3) is 4.85. The van der Waals surface area contributed by atoms with Crippen LogP contribution < -0.4 is 5.32 Å². The molecule has 33 heavy (non-hydrogen) atoms. The van der Waals surface area contributed by atoms with Crippen molar-refractivity contribution in [1.82, 2.24) is 14.7 Å². The van der Waals surface area contributed by atoms with Crippen molar-refractivity contribution in [3.63, 3.8) is 0 Å². The summed E-state index contributed by atoms with van der Waals surface area (Å²) in [5.74, 6) is 0.480. The van der Waals surface area contributed by atoms with Gasteiger partial charge in [-0.05, 0) is 42.2 Å². The molecule has 1 aliphatic rings. The molecule has 0 saturated carbocycles. The van der Waals surface area contributed by atoms with Crippen molar-refractivity contribution < 1.29 is 9.59 Å². The van der Waals surface area contributed by atoms with E-state index in [1.54, 1.807) is 16.5 Å². The Morgan fingerprint density at radius 2 is 1.85 bits per heavy atom. The molecule has 0 fully saturated rings. The van der Waals surface area contributed by atoms with Crippen LogP contribution in [0.2, 0.25) is 0 Å². The molecule has 0 saturated heterocycles. The van der Waals surface area contributed by atoms with Crippen molar-refractivity contribution in [3.8, 4) is 5.69 Å². The normalized spacial score (nSPS) is 15.8. The lowest BCUT2D eigenvalue weighted by Crippen LogP contribution is -2.40. The van der Waals surface area contributed by atoms with E-state index in [0.717, 1.165) is 28.9 Å². The smallest absolute Gasteiger partial charge is 0.227 e. The van der Waals surface area contributed by atoms with Crippen LogP contribution in [0, 0.1) is 6.92 Å². The van der Waals surface area contributed by atoms with Gasteiger partial charge in [0.1, 0.15) is 5.82 Å². The van der Waals surface area contributed by atoms with E-state index < -0.39 is 0 Å². The molecular formula is C27H32N4O2. The minimum Gasteiger partial charge on any atom is -0.335 e. The highest BCUT2D eigenvalue weighted by atomic mass is 16.2. The molecule has 1 aliphatic heterocycles. The van der Waals surface area contributed by atoms with Crippen molar-refractivity contribution in [1.29, 1.82) is 0 Å². The highest BCUT2D eigenvalue weighted by Crippen LogP contribution is 2.33. The first kappa shape index (κ1) is 22.8. The molecule has 1 unspecified atom stereocenters. The van der Waals surface area contributed by atoms with Crippen LogP contribution in [0.4, 0.5) is 5.82 Å². The molecule has 0 spiro atoms. The van der Waals surface area contributed by atoms with Crippen LogP contribution in [0.15, 0.2) is 54.6 Å². The first-order chi connectivity index (χ1) is 15.6. The Labute approximate surface area is 195 Å². The molecule has 6 nitrogen and oxygen atoms in total. The van der Waals surface area contributed by atoms with Gasteiger partial charge in [0.2, 0.25) is 11.8 Å². The van der Waals surface area contributed by atoms with Crippen LogP contribution >= 0.6 is 0 Å². The Morgan fingerprint density at radius 3 is 2.55 bits per heavy atom. The van der Waals surface area contributed by atoms with Crippen LogP contribution in [-0.4, -0.2) is 33.0 Å². The molecule has 1 aromatic heterocycles. The second-order valence-corrected chi connectivity index (χ2v) is 9.84. The number of aromatic nitrogens is 2. The summed E-state index contributed by atoms with van der Waals surface area (Å²) in [6.45, 7) is 10.5. The lowest BCUT2D eigenvalue weighted by atomic mass is 9.90. The molecule has 0 aliphatic carbocycles. The first-order valence-corrected chi connectivity index (χ1v) is 11.5. The average molecular weight is 445 g/mol. The highest BCUT2D eigenvalue weighted by molar-refractivity contribution is 5.91. The zero-order chi connectivity index (χ0) is 23.8. The van der Waals surface area contributed by atoms with Gasteiger partial charge >= 0.3 is 0 Å². The first-order valence-electron chi connectivity index (χ1n) is 11.5. The van der Waals surface area contributed by atoms with Gasteiger partial charge in [-0.1, -0.05) is 57.2 Å². The summed E-state index contributed by atoms with van der Waals surface area (Å²) in [5, 5.41) is 7.89. The third-order valence-electron chi connectivity index (χ3n) is 6.19. The molecule has 4 rings (SSSR count). The van der Waals surface area contributed by atoms with E-state index in [1.165, 1.54) is 5.56 Å². The number of carbonyl (C=O) groups is 2. The molecule has 0 bridgehead atoms. The van der Waals surface area contributed by atoms with Crippen LogP contribution in [0.25, 0.3) is 5.69 Å². The molecule has 172 valence electrons. The molecule has 3 aromatic rings. The topological polar surface area (TPSA) is 67.2 Å². The zero-order valence-corrected chi connectivity index (χ0v) is 20.1. The van der Waals surface area contributed by atoms with Gasteiger partial charge < -0.3 is 10.2 Å². The Bertz CT molecular complexity index is 1190. The number of nitrogens with one attached hydrogen (secondary N) is 1. The Hall–Kier alpha value is -3.41. The van der Waals surface area contributed by atoms with E-state index in [1.807, 2.05) is 55.5 Å². The standard InChI is InChI=1S/C27H32N4O2/c1-18-9-8-11-21(15-18)31-25(17-24(29-31)27(3,4)5)28-26(33)16-23-22-12-7-6-10-20(22)13-14-30(23)19(2)32/h6-12,15,17,23H,13-14,16H2,1-5H3,(H,28,33). The number of benzene rings is 2. The van der Waals surface area contributed by atoms with E-state index in [4.69, 9.17) is 5.10 Å². The van der Waals surface area contributed by atoms with Crippen molar-refractivity contribution in [2.45, 2.75) is 58.9 Å². The second-order valence-electron chi connectivity index (χ2n) is 9.84. The zero-order valence-electron chi connectivity index (χ0n) is 20.1. The van der Waals surface area contributed by atoms with Gasteiger partial charge in [0.05, 0.1) is 23.8 Å². The van der Waals surface area contributed by atoms with E-state index in [-0.39, 0.29) is 29.7 Å². The minimum absolute atomic E-state index is 0.0119. The maximum absolute atomic E-state index is 13.3. The number of rotatable bonds is 4. The monoisotopic (exact) mass is 444 g/mol. The Kier molecular flexibility index (Phi) is 6.11. The summed E-state index contributed by atoms with van der Waals surface area (Å²) in [7, 11) is 0. The number of amides is 2. The fraction of sp³-hybridized carbons (Fsp3) is 0.370. The number of fused-ring (bicyclic) bond motifs is 1. The summed E-state index contributed by atoms with van der Waals surface area (Å²) in [5.41, 5.74) is 5.00. The summed E-state index contributed by atoms with van der Waals surface area (Å²) < 4.78 is 1.79. The summed E-state index contributed by atoms with van der Waals surface area (Å²) in [4.78, 5) is 27.4. The van der Waals surface area contributed by atoms with E-state index >= 15 is 0 Å². The number of nitrogens with zero attached hydrogens (tertiary/aromatic N) is 3. The van der Waals surface area contributed by atoms with Crippen LogP contribution in [0.3, 0.4) is 0 Å². The van der Waals surface area contributed by atoms with Crippen molar-refractivity contribution in [2.24, 2.45) is 0 Å². The number of hydrogen-bond acceptors (Lipinski definition) is 3. The van der Waals surface area contributed by atoms with Gasteiger partial charge in [-0.25, -0.2) is 4.68 Å².